The van der Waals surface area contributed by atoms with E-state index in [1.54, 1.807) is 11.0 Å². The average Bonchev–Trinajstić information content (AvgIpc) is 2.85. The molecule has 1 unspecified atom stereocenters. The molecule has 1 aromatic rings. The van der Waals surface area contributed by atoms with Crippen LogP contribution in [0.25, 0.3) is 0 Å². The number of nitrogens with zero attached hydrogens (tertiary/aromatic N) is 1. The lowest BCUT2D eigenvalue weighted by Gasteiger charge is -2.26. The van der Waals surface area contributed by atoms with Crippen molar-refractivity contribution in [2.24, 2.45) is 0 Å². The molecule has 0 radical (unpaired) electrons. The lowest BCUT2D eigenvalue weighted by Crippen LogP contribution is -2.38. The Hall–Kier alpha value is -2.87. The standard InChI is InChI=1S/C23H27NO4/c25-21(18-19-10-4-3-5-11-19)16-15-20-12-7-8-13-22(26)24(20)17-9-2-1-6-14-23(27)28/h3-5,10-11,15-16,20H,1,6-8,12-14,17-18H2,(H,27,28). The maximum atomic E-state index is 12.4. The highest BCUT2D eigenvalue weighted by Gasteiger charge is 2.23. The number of aliphatic carboxylic acids is 1. The van der Waals surface area contributed by atoms with Crippen LogP contribution in [-0.4, -0.2) is 40.3 Å². The quantitative estimate of drug-likeness (QED) is 0.426. The smallest absolute Gasteiger partial charge is 0.303 e. The summed E-state index contributed by atoms with van der Waals surface area (Å²) in [4.78, 5) is 36.9. The Balaban J connectivity index is 1.94. The fourth-order valence-corrected chi connectivity index (χ4v) is 3.15. The van der Waals surface area contributed by atoms with E-state index in [1.165, 1.54) is 0 Å². The van der Waals surface area contributed by atoms with Crippen LogP contribution in [0.1, 0.15) is 50.5 Å². The molecule has 0 spiro atoms. The molecule has 1 aromatic carbocycles. The number of carboxylic acids is 1. The van der Waals surface area contributed by atoms with Gasteiger partial charge in [-0.05, 0) is 30.9 Å². The summed E-state index contributed by atoms with van der Waals surface area (Å²) in [5.74, 6) is 5.19. The van der Waals surface area contributed by atoms with Gasteiger partial charge in [-0.15, -0.1) is 5.92 Å². The van der Waals surface area contributed by atoms with Crippen LogP contribution in [0.5, 0.6) is 0 Å². The van der Waals surface area contributed by atoms with Gasteiger partial charge in [-0.2, -0.15) is 0 Å². The van der Waals surface area contributed by atoms with E-state index >= 15 is 0 Å². The molecule has 1 N–H and O–H groups in total. The second kappa shape index (κ2) is 11.8. The first-order chi connectivity index (χ1) is 13.6. The monoisotopic (exact) mass is 381 g/mol. The molecule has 148 valence electrons. The zero-order valence-electron chi connectivity index (χ0n) is 16.1. The second-order valence-electron chi connectivity index (χ2n) is 6.92. The van der Waals surface area contributed by atoms with Crippen LogP contribution in [0.3, 0.4) is 0 Å². The van der Waals surface area contributed by atoms with Crippen molar-refractivity contribution >= 4 is 17.7 Å². The largest absolute Gasteiger partial charge is 0.481 e. The summed E-state index contributed by atoms with van der Waals surface area (Å²) in [6.45, 7) is 0.313. The topological polar surface area (TPSA) is 74.7 Å². The molecule has 1 aliphatic heterocycles. The van der Waals surface area contributed by atoms with Crippen LogP contribution in [0.15, 0.2) is 42.5 Å². The summed E-state index contributed by atoms with van der Waals surface area (Å²) in [6, 6.07) is 9.46. The van der Waals surface area contributed by atoms with Crippen LogP contribution in [0, 0.1) is 11.8 Å². The maximum absolute atomic E-state index is 12.4. The zero-order chi connectivity index (χ0) is 20.2. The molecule has 1 amide bonds. The van der Waals surface area contributed by atoms with Crippen molar-refractivity contribution in [3.05, 3.63) is 48.0 Å². The van der Waals surface area contributed by atoms with E-state index in [-0.39, 0.29) is 24.2 Å². The van der Waals surface area contributed by atoms with Gasteiger partial charge in [-0.1, -0.05) is 48.7 Å². The van der Waals surface area contributed by atoms with E-state index in [0.29, 0.717) is 32.2 Å². The van der Waals surface area contributed by atoms with Crippen LogP contribution < -0.4 is 0 Å². The molecule has 0 aromatic heterocycles. The summed E-state index contributed by atoms with van der Waals surface area (Å²) in [5, 5.41) is 8.64. The van der Waals surface area contributed by atoms with Gasteiger partial charge in [0.05, 0.1) is 12.6 Å². The molecular formula is C23H27NO4. The Morgan fingerprint density at radius 3 is 2.71 bits per heavy atom. The average molecular weight is 381 g/mol. The third-order valence-corrected chi connectivity index (χ3v) is 4.65. The van der Waals surface area contributed by atoms with Gasteiger partial charge in [-0.3, -0.25) is 14.4 Å². The van der Waals surface area contributed by atoms with Crippen molar-refractivity contribution in [3.63, 3.8) is 0 Å². The second-order valence-corrected chi connectivity index (χ2v) is 6.92. The van der Waals surface area contributed by atoms with Gasteiger partial charge in [0.1, 0.15) is 0 Å². The van der Waals surface area contributed by atoms with E-state index in [4.69, 9.17) is 5.11 Å². The van der Waals surface area contributed by atoms with Crippen molar-refractivity contribution in [2.45, 2.75) is 57.4 Å². The Kier molecular flexibility index (Phi) is 9.00. The van der Waals surface area contributed by atoms with E-state index in [0.717, 1.165) is 24.8 Å². The zero-order valence-corrected chi connectivity index (χ0v) is 16.1. The highest BCUT2D eigenvalue weighted by Crippen LogP contribution is 2.18. The molecule has 1 saturated heterocycles. The number of hydrogen-bond acceptors (Lipinski definition) is 3. The minimum Gasteiger partial charge on any atom is -0.481 e. The molecule has 1 heterocycles. The number of ketones is 1. The van der Waals surface area contributed by atoms with Crippen molar-refractivity contribution < 1.29 is 19.5 Å². The molecule has 1 aliphatic rings. The van der Waals surface area contributed by atoms with Crippen molar-refractivity contribution in [1.29, 1.82) is 0 Å². The van der Waals surface area contributed by atoms with E-state index in [9.17, 15) is 14.4 Å². The van der Waals surface area contributed by atoms with E-state index < -0.39 is 5.97 Å². The van der Waals surface area contributed by atoms with E-state index in [2.05, 4.69) is 11.8 Å². The van der Waals surface area contributed by atoms with Gasteiger partial charge in [0.15, 0.2) is 5.78 Å². The fourth-order valence-electron chi connectivity index (χ4n) is 3.15. The lowest BCUT2D eigenvalue weighted by molar-refractivity contribution is -0.137. The van der Waals surface area contributed by atoms with Crippen LogP contribution in [-0.2, 0) is 20.8 Å². The third-order valence-electron chi connectivity index (χ3n) is 4.65. The van der Waals surface area contributed by atoms with E-state index in [1.807, 2.05) is 36.4 Å². The fraction of sp³-hybridized carbons (Fsp3) is 0.435. The van der Waals surface area contributed by atoms with Crippen LogP contribution in [0.2, 0.25) is 0 Å². The summed E-state index contributed by atoms with van der Waals surface area (Å²) >= 11 is 0. The lowest BCUT2D eigenvalue weighted by atomic mass is 10.1. The molecule has 0 aliphatic carbocycles. The molecule has 1 atom stereocenters. The number of hydrogen-bond donors (Lipinski definition) is 1. The minimum atomic E-state index is -0.824. The number of rotatable bonds is 8. The normalized spacial score (nSPS) is 17.1. The number of allylic oxidation sites excluding steroid dienone is 1. The minimum absolute atomic E-state index is 0.0163. The van der Waals surface area contributed by atoms with Crippen molar-refractivity contribution in [2.75, 3.05) is 6.54 Å². The molecular weight excluding hydrogens is 354 g/mol. The molecule has 0 bridgehead atoms. The number of carbonyl (C=O) groups excluding carboxylic acids is 2. The highest BCUT2D eigenvalue weighted by atomic mass is 16.4. The molecule has 5 heteroatoms. The summed E-state index contributed by atoms with van der Waals surface area (Å²) in [7, 11) is 0. The number of carbonyl (C=O) groups is 3. The van der Waals surface area contributed by atoms with Gasteiger partial charge >= 0.3 is 5.97 Å². The predicted octanol–water partition coefficient (Wildman–Crippen LogP) is 3.38. The van der Waals surface area contributed by atoms with Crippen LogP contribution in [0.4, 0.5) is 0 Å². The molecule has 0 saturated carbocycles. The summed E-state index contributed by atoms with van der Waals surface area (Å²) in [5.41, 5.74) is 0.971. The van der Waals surface area contributed by atoms with Gasteiger partial charge < -0.3 is 10.0 Å². The predicted molar refractivity (Wildman–Crippen MR) is 108 cm³/mol. The SMILES string of the molecule is O=C(O)CCCC#CCN1C(=O)CCCCC1C=CC(=O)Cc1ccccc1. The Morgan fingerprint density at radius 1 is 1.18 bits per heavy atom. The third kappa shape index (κ3) is 7.79. The first kappa shape index (κ1) is 21.4. The molecule has 5 nitrogen and oxygen atoms in total. The summed E-state index contributed by atoms with van der Waals surface area (Å²) in [6.07, 6.45) is 8.00. The number of unbranched alkanes of at least 4 members (excludes halogenated alkanes) is 1. The van der Waals surface area contributed by atoms with Gasteiger partial charge in [0.2, 0.25) is 5.91 Å². The van der Waals surface area contributed by atoms with Crippen molar-refractivity contribution in [1.82, 2.24) is 4.90 Å². The Morgan fingerprint density at radius 2 is 1.96 bits per heavy atom. The van der Waals surface area contributed by atoms with Gasteiger partial charge in [0, 0.05) is 25.7 Å². The van der Waals surface area contributed by atoms with Crippen LogP contribution >= 0.6 is 0 Å². The van der Waals surface area contributed by atoms with Gasteiger partial charge in [0.25, 0.3) is 0 Å². The Bertz CT molecular complexity index is 758. The number of amides is 1. The number of likely N-dealkylation sites (tertiary alicyclic amines) is 1. The maximum Gasteiger partial charge on any atom is 0.303 e. The first-order valence-electron chi connectivity index (χ1n) is 9.78. The Labute approximate surface area is 166 Å². The van der Waals surface area contributed by atoms with Crippen molar-refractivity contribution in [3.8, 4) is 11.8 Å². The molecule has 2 rings (SSSR count). The first-order valence-corrected chi connectivity index (χ1v) is 9.78. The molecule has 28 heavy (non-hydrogen) atoms. The summed E-state index contributed by atoms with van der Waals surface area (Å²) < 4.78 is 0. The molecule has 1 fully saturated rings. The highest BCUT2D eigenvalue weighted by molar-refractivity contribution is 5.91. The van der Waals surface area contributed by atoms with Gasteiger partial charge in [-0.25, -0.2) is 0 Å². The number of carboxylic acid groups (broad SMARTS) is 1. The number of benzene rings is 1.